The number of benzene rings is 1. The normalized spacial score (nSPS) is 11.9. The lowest BCUT2D eigenvalue weighted by Gasteiger charge is -2.09. The Morgan fingerprint density at radius 1 is 1.43 bits per heavy atom. The van der Waals surface area contributed by atoms with E-state index < -0.39 is 0 Å². The maximum atomic E-state index is 8.77. The van der Waals surface area contributed by atoms with E-state index >= 15 is 0 Å². The molecule has 0 aliphatic carbocycles. The van der Waals surface area contributed by atoms with Crippen molar-refractivity contribution in [1.29, 1.82) is 0 Å². The van der Waals surface area contributed by atoms with Gasteiger partial charge in [-0.3, -0.25) is 0 Å². The molecule has 0 spiro atoms. The van der Waals surface area contributed by atoms with Gasteiger partial charge in [-0.25, -0.2) is 0 Å². The molecule has 0 saturated heterocycles. The van der Waals surface area contributed by atoms with Crippen molar-refractivity contribution in [3.63, 3.8) is 0 Å². The highest BCUT2D eigenvalue weighted by Crippen LogP contribution is 2.21. The minimum Gasteiger partial charge on any atom is -0.396 e. The van der Waals surface area contributed by atoms with Crippen LogP contribution in [-0.2, 0) is 0 Å². The Morgan fingerprint density at radius 2 is 2.07 bits per heavy atom. The first-order valence-corrected chi connectivity index (χ1v) is 4.54. The molecule has 1 unspecified atom stereocenters. The molecule has 0 aromatic heterocycles. The molecule has 1 N–H and O–H groups in total. The van der Waals surface area contributed by atoms with Crippen molar-refractivity contribution in [3.05, 3.63) is 40.3 Å². The van der Waals surface area contributed by atoms with E-state index in [1.807, 2.05) is 12.1 Å². The number of nitrogens with zero attached hydrogens (tertiary/aromatic N) is 3. The van der Waals surface area contributed by atoms with Crippen LogP contribution in [0.15, 0.2) is 29.4 Å². The van der Waals surface area contributed by atoms with Crippen LogP contribution in [0.4, 0.5) is 5.69 Å². The second kappa shape index (κ2) is 5.27. The fraction of sp³-hybridized carbons (Fsp3) is 0.400. The molecule has 0 aliphatic rings. The third-order valence-corrected chi connectivity index (χ3v) is 2.18. The Labute approximate surface area is 82.8 Å². The van der Waals surface area contributed by atoms with Gasteiger partial charge in [0.1, 0.15) is 0 Å². The number of aliphatic hydroxyl groups is 1. The number of azide groups is 1. The minimum atomic E-state index is 0.194. The molecule has 74 valence electrons. The van der Waals surface area contributed by atoms with Crippen molar-refractivity contribution >= 4 is 5.69 Å². The standard InChI is InChI=1S/C10H13N3O/c1-8(6-7-14)9-2-4-10(5-3-9)12-13-11/h2-5,8,14H,6-7H2,1H3. The highest BCUT2D eigenvalue weighted by molar-refractivity contribution is 5.39. The van der Waals surface area contributed by atoms with Crippen molar-refractivity contribution in [3.8, 4) is 0 Å². The van der Waals surface area contributed by atoms with Crippen LogP contribution in [0.3, 0.4) is 0 Å². The molecule has 4 heteroatoms. The molecular weight excluding hydrogens is 178 g/mol. The molecule has 4 nitrogen and oxygen atoms in total. The molecular formula is C10H13N3O. The Balaban J connectivity index is 2.77. The van der Waals surface area contributed by atoms with E-state index in [4.69, 9.17) is 10.6 Å². The topological polar surface area (TPSA) is 69.0 Å². The number of hydrogen-bond donors (Lipinski definition) is 1. The number of aliphatic hydroxyl groups excluding tert-OH is 1. The van der Waals surface area contributed by atoms with Gasteiger partial charge in [0.25, 0.3) is 0 Å². The van der Waals surface area contributed by atoms with E-state index in [0.717, 1.165) is 12.0 Å². The van der Waals surface area contributed by atoms with Gasteiger partial charge in [0.2, 0.25) is 0 Å². The summed E-state index contributed by atoms with van der Waals surface area (Å²) in [6, 6.07) is 7.40. The number of rotatable bonds is 4. The zero-order chi connectivity index (χ0) is 10.4. The molecule has 0 aliphatic heterocycles. The maximum Gasteiger partial charge on any atom is 0.0436 e. The predicted octanol–water partition coefficient (Wildman–Crippen LogP) is 3.11. The van der Waals surface area contributed by atoms with Crippen LogP contribution in [-0.4, -0.2) is 11.7 Å². The van der Waals surface area contributed by atoms with Gasteiger partial charge in [-0.1, -0.05) is 36.3 Å². The zero-order valence-electron chi connectivity index (χ0n) is 8.09. The predicted molar refractivity (Wildman–Crippen MR) is 55.4 cm³/mol. The van der Waals surface area contributed by atoms with Crippen LogP contribution in [0.1, 0.15) is 24.8 Å². The molecule has 1 atom stereocenters. The lowest BCUT2D eigenvalue weighted by molar-refractivity contribution is 0.278. The molecule has 1 aromatic rings. The van der Waals surface area contributed by atoms with Gasteiger partial charge >= 0.3 is 0 Å². The Bertz CT molecular complexity index is 328. The summed E-state index contributed by atoms with van der Waals surface area (Å²) >= 11 is 0. The van der Waals surface area contributed by atoms with Gasteiger partial charge in [-0.2, -0.15) is 0 Å². The van der Waals surface area contributed by atoms with Crippen LogP contribution in [0.2, 0.25) is 0 Å². The summed E-state index contributed by atoms with van der Waals surface area (Å²) in [5.41, 5.74) is 9.97. The van der Waals surface area contributed by atoms with Crippen molar-refractivity contribution in [1.82, 2.24) is 0 Å². The number of hydrogen-bond acceptors (Lipinski definition) is 2. The van der Waals surface area contributed by atoms with E-state index in [2.05, 4.69) is 16.9 Å². The molecule has 0 fully saturated rings. The molecule has 0 amide bonds. The van der Waals surface area contributed by atoms with Crippen molar-refractivity contribution in [2.75, 3.05) is 6.61 Å². The monoisotopic (exact) mass is 191 g/mol. The van der Waals surface area contributed by atoms with Crippen LogP contribution in [0.25, 0.3) is 10.4 Å². The summed E-state index contributed by atoms with van der Waals surface area (Å²) < 4.78 is 0. The maximum absolute atomic E-state index is 8.77. The highest BCUT2D eigenvalue weighted by Gasteiger charge is 2.03. The summed E-state index contributed by atoms with van der Waals surface area (Å²) in [5, 5.41) is 12.3. The first kappa shape index (κ1) is 10.6. The van der Waals surface area contributed by atoms with Crippen molar-refractivity contribution in [2.45, 2.75) is 19.3 Å². The lowest BCUT2D eigenvalue weighted by Crippen LogP contribution is -1.95. The van der Waals surface area contributed by atoms with Crippen LogP contribution in [0, 0.1) is 0 Å². The van der Waals surface area contributed by atoms with E-state index in [-0.39, 0.29) is 6.61 Å². The third-order valence-electron chi connectivity index (χ3n) is 2.18. The fourth-order valence-electron chi connectivity index (χ4n) is 1.28. The lowest BCUT2D eigenvalue weighted by atomic mass is 9.98. The van der Waals surface area contributed by atoms with Gasteiger partial charge in [-0.05, 0) is 23.4 Å². The second-order valence-corrected chi connectivity index (χ2v) is 3.19. The van der Waals surface area contributed by atoms with E-state index in [0.29, 0.717) is 11.6 Å². The quantitative estimate of drug-likeness (QED) is 0.443. The smallest absolute Gasteiger partial charge is 0.0436 e. The van der Waals surface area contributed by atoms with Gasteiger partial charge in [0.05, 0.1) is 0 Å². The van der Waals surface area contributed by atoms with E-state index in [9.17, 15) is 0 Å². The molecule has 1 aromatic carbocycles. The van der Waals surface area contributed by atoms with Gasteiger partial charge in [-0.15, -0.1) is 0 Å². The van der Waals surface area contributed by atoms with Crippen LogP contribution < -0.4 is 0 Å². The van der Waals surface area contributed by atoms with Gasteiger partial charge in [0.15, 0.2) is 0 Å². The summed E-state index contributed by atoms with van der Waals surface area (Å²) in [6.07, 6.45) is 0.751. The SMILES string of the molecule is CC(CCO)c1ccc(N=[N+]=[N-])cc1. The van der Waals surface area contributed by atoms with E-state index in [1.165, 1.54) is 0 Å². The van der Waals surface area contributed by atoms with E-state index in [1.54, 1.807) is 12.1 Å². The average Bonchev–Trinajstić information content (AvgIpc) is 2.20. The first-order chi connectivity index (χ1) is 6.77. The second-order valence-electron chi connectivity index (χ2n) is 3.19. The summed E-state index contributed by atoms with van der Waals surface area (Å²) in [4.78, 5) is 2.70. The zero-order valence-corrected chi connectivity index (χ0v) is 8.09. The molecule has 0 heterocycles. The highest BCUT2D eigenvalue weighted by atomic mass is 16.3. The third kappa shape index (κ3) is 2.76. The molecule has 0 radical (unpaired) electrons. The van der Waals surface area contributed by atoms with Crippen LogP contribution >= 0.6 is 0 Å². The summed E-state index contributed by atoms with van der Waals surface area (Å²) in [6.45, 7) is 2.25. The Hall–Kier alpha value is -1.51. The fourth-order valence-corrected chi connectivity index (χ4v) is 1.28. The molecule has 0 bridgehead atoms. The van der Waals surface area contributed by atoms with Crippen molar-refractivity contribution in [2.24, 2.45) is 5.11 Å². The van der Waals surface area contributed by atoms with Gasteiger partial charge in [0, 0.05) is 17.2 Å². The summed E-state index contributed by atoms with van der Waals surface area (Å²) in [5.74, 6) is 0.333. The minimum absolute atomic E-state index is 0.194. The Kier molecular flexibility index (Phi) is 3.98. The molecule has 1 rings (SSSR count). The average molecular weight is 191 g/mol. The largest absolute Gasteiger partial charge is 0.396 e. The van der Waals surface area contributed by atoms with Crippen molar-refractivity contribution < 1.29 is 5.11 Å². The first-order valence-electron chi connectivity index (χ1n) is 4.54. The van der Waals surface area contributed by atoms with Gasteiger partial charge < -0.3 is 5.11 Å². The molecule has 0 saturated carbocycles. The summed E-state index contributed by atoms with van der Waals surface area (Å²) in [7, 11) is 0. The van der Waals surface area contributed by atoms with Crippen LogP contribution in [0.5, 0.6) is 0 Å². The Morgan fingerprint density at radius 3 is 2.57 bits per heavy atom. The molecule has 14 heavy (non-hydrogen) atoms.